The fraction of sp³-hybridized carbons (Fsp3) is 0.625. The summed E-state index contributed by atoms with van der Waals surface area (Å²) in [5, 5.41) is 3.23. The van der Waals surface area contributed by atoms with E-state index in [1.807, 2.05) is 6.07 Å². The maximum atomic E-state index is 5.73. The van der Waals surface area contributed by atoms with Gasteiger partial charge in [-0.2, -0.15) is 0 Å². The van der Waals surface area contributed by atoms with Crippen molar-refractivity contribution in [3.05, 3.63) is 29.8 Å². The van der Waals surface area contributed by atoms with E-state index in [0.29, 0.717) is 12.5 Å². The summed E-state index contributed by atoms with van der Waals surface area (Å²) in [6.07, 6.45) is 0.929. The molecule has 0 bridgehead atoms. The van der Waals surface area contributed by atoms with E-state index in [9.17, 15) is 0 Å². The fourth-order valence-electron chi connectivity index (χ4n) is 1.74. The van der Waals surface area contributed by atoms with Crippen molar-refractivity contribution in [3.8, 4) is 5.75 Å². The molecule has 0 amide bonds. The molecule has 0 unspecified atom stereocenters. The molecule has 0 radical (unpaired) electrons. The number of likely N-dealkylation sites (N-methyl/N-ethyl adjacent to an activating group) is 1. The second kappa shape index (κ2) is 9.82. The average Bonchev–Trinajstić information content (AvgIpc) is 2.42. The predicted molar refractivity (Wildman–Crippen MR) is 80.0 cm³/mol. The van der Waals surface area contributed by atoms with Crippen molar-refractivity contribution in [1.82, 2.24) is 5.32 Å². The second-order valence-electron chi connectivity index (χ2n) is 4.90. The van der Waals surface area contributed by atoms with Crippen molar-refractivity contribution in [1.29, 1.82) is 0 Å². The van der Waals surface area contributed by atoms with Crippen LogP contribution in [-0.2, 0) is 4.74 Å². The van der Waals surface area contributed by atoms with Gasteiger partial charge in [0.05, 0.1) is 13.2 Å². The lowest BCUT2D eigenvalue weighted by atomic mass is 10.0. The van der Waals surface area contributed by atoms with Crippen LogP contribution in [0.1, 0.15) is 38.7 Å². The molecule has 0 aromatic heterocycles. The summed E-state index contributed by atoms with van der Waals surface area (Å²) in [6, 6.07) is 8.33. The third kappa shape index (κ3) is 7.19. The van der Waals surface area contributed by atoms with E-state index in [4.69, 9.17) is 9.47 Å². The van der Waals surface area contributed by atoms with E-state index in [1.165, 1.54) is 5.56 Å². The van der Waals surface area contributed by atoms with Crippen LogP contribution in [0.4, 0.5) is 0 Å². The van der Waals surface area contributed by atoms with E-state index < -0.39 is 0 Å². The number of ether oxygens (including phenoxy) is 2. The number of rotatable bonds is 10. The van der Waals surface area contributed by atoms with Gasteiger partial charge in [-0.05, 0) is 30.2 Å². The first-order chi connectivity index (χ1) is 9.24. The summed E-state index contributed by atoms with van der Waals surface area (Å²) in [6.45, 7) is 10.6. The Hall–Kier alpha value is -1.06. The van der Waals surface area contributed by atoms with Crippen molar-refractivity contribution < 1.29 is 9.47 Å². The Bertz CT molecular complexity index is 339. The quantitative estimate of drug-likeness (QED) is 0.659. The Kier molecular flexibility index (Phi) is 8.26. The summed E-state index contributed by atoms with van der Waals surface area (Å²) in [4.78, 5) is 0. The highest BCUT2D eigenvalue weighted by molar-refractivity contribution is 5.30. The van der Waals surface area contributed by atoms with Crippen LogP contribution in [0.15, 0.2) is 24.3 Å². The average molecular weight is 265 g/mol. The molecule has 0 aliphatic rings. The molecule has 3 heteroatoms. The molecule has 0 fully saturated rings. The molecule has 1 rings (SSSR count). The van der Waals surface area contributed by atoms with E-state index in [2.05, 4.69) is 44.3 Å². The van der Waals surface area contributed by atoms with Crippen molar-refractivity contribution in [2.75, 3.05) is 32.9 Å². The van der Waals surface area contributed by atoms with Crippen LogP contribution in [0.2, 0.25) is 0 Å². The summed E-state index contributed by atoms with van der Waals surface area (Å²) >= 11 is 0. The molecule has 0 saturated carbocycles. The number of hydrogen-bond acceptors (Lipinski definition) is 3. The molecule has 19 heavy (non-hydrogen) atoms. The normalized spacial score (nSPS) is 10.9. The van der Waals surface area contributed by atoms with E-state index in [0.717, 1.165) is 38.5 Å². The van der Waals surface area contributed by atoms with Crippen molar-refractivity contribution in [2.24, 2.45) is 0 Å². The molecular formula is C16H27NO2. The Morgan fingerprint density at radius 1 is 1.16 bits per heavy atom. The number of benzene rings is 1. The Morgan fingerprint density at radius 2 is 2.00 bits per heavy atom. The highest BCUT2D eigenvalue weighted by atomic mass is 16.5. The van der Waals surface area contributed by atoms with Crippen LogP contribution in [0.25, 0.3) is 0 Å². The molecule has 0 atom stereocenters. The van der Waals surface area contributed by atoms with Gasteiger partial charge in [-0.3, -0.25) is 0 Å². The number of nitrogens with one attached hydrogen (secondary N) is 1. The van der Waals surface area contributed by atoms with Crippen molar-refractivity contribution >= 4 is 0 Å². The van der Waals surface area contributed by atoms with Gasteiger partial charge in [0, 0.05) is 19.6 Å². The Morgan fingerprint density at radius 3 is 2.74 bits per heavy atom. The Labute approximate surface area is 117 Å². The molecule has 1 aromatic rings. The summed E-state index contributed by atoms with van der Waals surface area (Å²) in [7, 11) is 0. The van der Waals surface area contributed by atoms with Crippen LogP contribution in [-0.4, -0.2) is 32.9 Å². The van der Waals surface area contributed by atoms with Gasteiger partial charge in [0.2, 0.25) is 0 Å². The van der Waals surface area contributed by atoms with Gasteiger partial charge < -0.3 is 14.8 Å². The highest BCUT2D eigenvalue weighted by Gasteiger charge is 2.00. The largest absolute Gasteiger partial charge is 0.493 e. The maximum Gasteiger partial charge on any atom is 0.119 e. The van der Waals surface area contributed by atoms with E-state index >= 15 is 0 Å². The van der Waals surface area contributed by atoms with Crippen molar-refractivity contribution in [2.45, 2.75) is 33.1 Å². The van der Waals surface area contributed by atoms with Crippen molar-refractivity contribution in [3.63, 3.8) is 0 Å². The van der Waals surface area contributed by atoms with Crippen LogP contribution in [0.5, 0.6) is 5.75 Å². The molecule has 0 aliphatic carbocycles. The van der Waals surface area contributed by atoms with Gasteiger partial charge in [0.1, 0.15) is 5.75 Å². The first-order valence-corrected chi connectivity index (χ1v) is 7.25. The van der Waals surface area contributed by atoms with Gasteiger partial charge in [-0.1, -0.05) is 32.9 Å². The minimum Gasteiger partial charge on any atom is -0.493 e. The maximum absolute atomic E-state index is 5.73. The third-order valence-electron chi connectivity index (χ3n) is 2.90. The fourth-order valence-corrected chi connectivity index (χ4v) is 1.74. The van der Waals surface area contributed by atoms with Gasteiger partial charge >= 0.3 is 0 Å². The monoisotopic (exact) mass is 265 g/mol. The molecule has 108 valence electrons. The molecule has 1 aromatic carbocycles. The highest BCUT2D eigenvalue weighted by Crippen LogP contribution is 2.20. The molecule has 0 spiro atoms. The molecular weight excluding hydrogens is 238 g/mol. The second-order valence-corrected chi connectivity index (χ2v) is 4.90. The summed E-state index contributed by atoms with van der Waals surface area (Å²) < 4.78 is 11.2. The molecule has 1 N–H and O–H groups in total. The Balaban J connectivity index is 2.10. The van der Waals surface area contributed by atoms with E-state index in [1.54, 1.807) is 0 Å². The smallest absolute Gasteiger partial charge is 0.119 e. The van der Waals surface area contributed by atoms with Crippen LogP contribution < -0.4 is 10.1 Å². The SMILES string of the molecule is CCNCCOCCCOc1cccc(C(C)C)c1. The third-order valence-corrected chi connectivity index (χ3v) is 2.90. The van der Waals surface area contributed by atoms with Crippen LogP contribution in [0.3, 0.4) is 0 Å². The summed E-state index contributed by atoms with van der Waals surface area (Å²) in [5.74, 6) is 1.50. The lowest BCUT2D eigenvalue weighted by Gasteiger charge is -2.10. The first-order valence-electron chi connectivity index (χ1n) is 7.25. The topological polar surface area (TPSA) is 30.5 Å². The van der Waals surface area contributed by atoms with Crippen LogP contribution >= 0.6 is 0 Å². The zero-order valence-corrected chi connectivity index (χ0v) is 12.4. The van der Waals surface area contributed by atoms with Crippen LogP contribution in [0, 0.1) is 0 Å². The van der Waals surface area contributed by atoms with E-state index in [-0.39, 0.29) is 0 Å². The van der Waals surface area contributed by atoms with Gasteiger partial charge in [0.25, 0.3) is 0 Å². The molecule has 0 aliphatic heterocycles. The minimum atomic E-state index is 0.540. The van der Waals surface area contributed by atoms with Gasteiger partial charge in [-0.25, -0.2) is 0 Å². The standard InChI is InChI=1S/C16H27NO2/c1-4-17-9-12-18-10-6-11-19-16-8-5-7-15(13-16)14(2)3/h5,7-8,13-14,17H,4,6,9-12H2,1-3H3. The lowest BCUT2D eigenvalue weighted by Crippen LogP contribution is -2.19. The first kappa shape index (κ1) is 16.0. The number of hydrogen-bond donors (Lipinski definition) is 1. The molecule has 0 saturated heterocycles. The predicted octanol–water partition coefficient (Wildman–Crippen LogP) is 3.21. The summed E-state index contributed by atoms with van der Waals surface area (Å²) in [5.41, 5.74) is 1.32. The molecule has 3 nitrogen and oxygen atoms in total. The zero-order valence-electron chi connectivity index (χ0n) is 12.4. The minimum absolute atomic E-state index is 0.540. The zero-order chi connectivity index (χ0) is 13.9. The molecule has 0 heterocycles. The van der Waals surface area contributed by atoms with Gasteiger partial charge in [-0.15, -0.1) is 0 Å². The lowest BCUT2D eigenvalue weighted by molar-refractivity contribution is 0.121. The van der Waals surface area contributed by atoms with Gasteiger partial charge in [0.15, 0.2) is 0 Å².